The first kappa shape index (κ1) is 33.5. The first-order valence-corrected chi connectivity index (χ1v) is 15.7. The van der Waals surface area contributed by atoms with E-state index in [1.165, 1.54) is 0 Å². The molecule has 2 aromatic rings. The largest absolute Gasteiger partial charge is 0.441 e. The number of unbranched alkanes of at least 4 members (excludes halogenated alkanes) is 5. The van der Waals surface area contributed by atoms with E-state index in [0.29, 0.717) is 32.5 Å². The highest BCUT2D eigenvalue weighted by Gasteiger charge is 2.41. The molecule has 234 valence electrons. The summed E-state index contributed by atoms with van der Waals surface area (Å²) in [7, 11) is 5.80. The lowest BCUT2D eigenvalue weighted by Crippen LogP contribution is -2.36. The average molecular weight is 603 g/mol. The van der Waals surface area contributed by atoms with Gasteiger partial charge in [0.25, 0.3) is 0 Å². The fourth-order valence-electron chi connectivity index (χ4n) is 5.44. The fraction of sp³-hybridized carbons (Fsp3) is 0.529. The van der Waals surface area contributed by atoms with Crippen molar-refractivity contribution in [3.63, 3.8) is 0 Å². The van der Waals surface area contributed by atoms with Gasteiger partial charge in [0.2, 0.25) is 5.91 Å². The second kappa shape index (κ2) is 17.8. The molecule has 2 aliphatic rings. The van der Waals surface area contributed by atoms with Gasteiger partial charge >= 0.3 is 6.09 Å². The van der Waals surface area contributed by atoms with Crippen molar-refractivity contribution in [2.24, 2.45) is 0 Å². The molecule has 1 saturated heterocycles. The number of rotatable bonds is 16. The molecule has 2 unspecified atom stereocenters. The number of benzene rings is 2. The number of aliphatic hydroxyl groups is 2. The Morgan fingerprint density at radius 3 is 2.39 bits per heavy atom. The number of hydrogen-bond donors (Lipinski definition) is 4. The van der Waals surface area contributed by atoms with E-state index in [9.17, 15) is 14.7 Å². The Bertz CT molecular complexity index is 1280. The van der Waals surface area contributed by atoms with Crippen LogP contribution in [0.4, 0.5) is 4.79 Å². The smallest absolute Gasteiger partial charge is 0.407 e. The lowest BCUT2D eigenvalue weighted by molar-refractivity contribution is -0.121. The quantitative estimate of drug-likeness (QED) is 0.132. The summed E-state index contributed by atoms with van der Waals surface area (Å²) in [5.41, 5.74) is 3.77. The molecular weight excluding hydrogens is 559 g/mol. The van der Waals surface area contributed by atoms with Crippen LogP contribution in [0.2, 0.25) is 0 Å². The molecule has 5 atom stereocenters. The normalized spacial score (nSPS) is 22.0. The summed E-state index contributed by atoms with van der Waals surface area (Å²) in [6.45, 7) is 1.27. The molecule has 4 N–H and O–H groups in total. The molecular formula is C34H43BN2O7. The second-order valence-corrected chi connectivity index (χ2v) is 11.2. The monoisotopic (exact) mass is 602 g/mol. The number of amides is 2. The van der Waals surface area contributed by atoms with Crippen LogP contribution in [0.15, 0.2) is 48.5 Å². The molecule has 1 aliphatic carbocycles. The fourth-order valence-corrected chi connectivity index (χ4v) is 5.44. The Kier molecular flexibility index (Phi) is 13.6. The van der Waals surface area contributed by atoms with Crippen molar-refractivity contribution < 1.29 is 34.0 Å². The standard InChI is InChI=1S/C34H43BN2O7/c35-33-32(31(40)29(23-38)43-33)42-21-11-2-1-9-19-36-30(39)16-4-3-10-20-37-34(41)44-28-22-26-14-6-5-12-24(26)17-18-25-13-7-8-15-27(25)28/h5-8,12-15,28-29,31-33,38,40H,1-4,9-11,16,19-23H2,(H,36,39)(H,37,41)/t28?,29-,31?,32+,33-/m1/s1. The van der Waals surface area contributed by atoms with Crippen LogP contribution in [0, 0.1) is 11.8 Å². The Balaban J connectivity index is 1.02. The van der Waals surface area contributed by atoms with E-state index in [1.807, 2.05) is 48.5 Å². The SMILES string of the molecule is [B][C@@H]1O[C@H](CO)C(O)[C@@H]1OCCCCCCNC(=O)CCCCCNC(=O)OC1Cc2ccccc2C#Cc2ccccc21. The molecule has 0 bridgehead atoms. The van der Waals surface area contributed by atoms with Crippen LogP contribution in [0.1, 0.15) is 79.7 Å². The molecule has 1 aliphatic heterocycles. The number of carbonyl (C=O) groups excluding carboxylic acids is 2. The van der Waals surface area contributed by atoms with Crippen LogP contribution in [-0.4, -0.2) is 80.7 Å². The molecule has 9 nitrogen and oxygen atoms in total. The number of ether oxygens (including phenoxy) is 3. The third-order valence-corrected chi connectivity index (χ3v) is 7.92. The third kappa shape index (κ3) is 10.1. The highest BCUT2D eigenvalue weighted by atomic mass is 16.6. The maximum absolute atomic E-state index is 12.6. The van der Waals surface area contributed by atoms with Crippen molar-refractivity contribution in [2.75, 3.05) is 26.3 Å². The summed E-state index contributed by atoms with van der Waals surface area (Å²) < 4.78 is 16.8. The minimum Gasteiger partial charge on any atom is -0.441 e. The van der Waals surface area contributed by atoms with Gasteiger partial charge in [-0.25, -0.2) is 4.79 Å². The second-order valence-electron chi connectivity index (χ2n) is 11.2. The van der Waals surface area contributed by atoms with E-state index >= 15 is 0 Å². The van der Waals surface area contributed by atoms with E-state index < -0.39 is 36.5 Å². The molecule has 2 amide bonds. The zero-order chi connectivity index (χ0) is 31.1. The van der Waals surface area contributed by atoms with Crippen LogP contribution in [0.5, 0.6) is 0 Å². The predicted molar refractivity (Wildman–Crippen MR) is 167 cm³/mol. The van der Waals surface area contributed by atoms with E-state index in [4.69, 9.17) is 27.2 Å². The maximum atomic E-state index is 12.6. The van der Waals surface area contributed by atoms with Gasteiger partial charge in [0, 0.05) is 55.2 Å². The Morgan fingerprint density at radius 1 is 0.909 bits per heavy atom. The van der Waals surface area contributed by atoms with Crippen LogP contribution in [0.25, 0.3) is 0 Å². The van der Waals surface area contributed by atoms with Crippen molar-refractivity contribution in [3.8, 4) is 11.8 Å². The molecule has 1 heterocycles. The summed E-state index contributed by atoms with van der Waals surface area (Å²) in [6, 6.07) is 15.0. The van der Waals surface area contributed by atoms with Crippen LogP contribution < -0.4 is 10.6 Å². The van der Waals surface area contributed by atoms with Gasteiger partial charge in [0.05, 0.1) is 6.61 Å². The minimum atomic E-state index is -0.923. The van der Waals surface area contributed by atoms with Crippen molar-refractivity contribution in [2.45, 2.75) is 88.2 Å². The van der Waals surface area contributed by atoms with Crippen molar-refractivity contribution in [3.05, 3.63) is 70.8 Å². The van der Waals surface area contributed by atoms with E-state index in [1.54, 1.807) is 0 Å². The van der Waals surface area contributed by atoms with Gasteiger partial charge in [-0.15, -0.1) is 0 Å². The zero-order valence-electron chi connectivity index (χ0n) is 25.2. The van der Waals surface area contributed by atoms with E-state index in [0.717, 1.165) is 67.2 Å². The van der Waals surface area contributed by atoms with E-state index in [-0.39, 0.29) is 12.5 Å². The number of fused-ring (bicyclic) bond motifs is 2. The van der Waals surface area contributed by atoms with Crippen molar-refractivity contribution in [1.29, 1.82) is 0 Å². The van der Waals surface area contributed by atoms with Gasteiger partial charge in [0.1, 0.15) is 32.3 Å². The average Bonchev–Trinajstić information content (AvgIpc) is 3.30. The van der Waals surface area contributed by atoms with Crippen LogP contribution in [-0.2, 0) is 25.4 Å². The van der Waals surface area contributed by atoms with Crippen molar-refractivity contribution in [1.82, 2.24) is 10.6 Å². The number of nitrogens with one attached hydrogen (secondary N) is 2. The van der Waals surface area contributed by atoms with Gasteiger partial charge in [0.15, 0.2) is 0 Å². The number of alkyl carbamates (subject to hydrolysis) is 1. The third-order valence-electron chi connectivity index (χ3n) is 7.92. The molecule has 2 radical (unpaired) electrons. The lowest BCUT2D eigenvalue weighted by atomic mass is 9.92. The van der Waals surface area contributed by atoms with Gasteiger partial charge in [-0.3, -0.25) is 4.79 Å². The first-order valence-electron chi connectivity index (χ1n) is 15.7. The first-order chi connectivity index (χ1) is 21.5. The van der Waals surface area contributed by atoms with Crippen LogP contribution in [0.3, 0.4) is 0 Å². The molecule has 0 spiro atoms. The number of carbonyl (C=O) groups is 2. The minimum absolute atomic E-state index is 0.0367. The molecule has 10 heteroatoms. The Labute approximate surface area is 261 Å². The summed E-state index contributed by atoms with van der Waals surface area (Å²) in [5, 5.41) is 25.0. The summed E-state index contributed by atoms with van der Waals surface area (Å²) >= 11 is 0. The predicted octanol–water partition coefficient (Wildman–Crippen LogP) is 3.28. The van der Waals surface area contributed by atoms with Gasteiger partial charge < -0.3 is 35.1 Å². The van der Waals surface area contributed by atoms with Gasteiger partial charge in [-0.1, -0.05) is 67.5 Å². The lowest BCUT2D eigenvalue weighted by Gasteiger charge is -2.22. The van der Waals surface area contributed by atoms with E-state index in [2.05, 4.69) is 22.5 Å². The van der Waals surface area contributed by atoms with Gasteiger partial charge in [-0.2, -0.15) is 0 Å². The highest BCUT2D eigenvalue weighted by Crippen LogP contribution is 2.28. The number of aliphatic hydroxyl groups excluding tert-OH is 2. The van der Waals surface area contributed by atoms with Crippen LogP contribution >= 0.6 is 0 Å². The zero-order valence-corrected chi connectivity index (χ0v) is 25.2. The molecule has 2 aromatic carbocycles. The summed E-state index contributed by atoms with van der Waals surface area (Å²) in [6.07, 6.45) is 3.79. The molecule has 1 fully saturated rings. The molecule has 4 rings (SSSR count). The highest BCUT2D eigenvalue weighted by molar-refractivity contribution is 6.11. The van der Waals surface area contributed by atoms with Crippen molar-refractivity contribution >= 4 is 19.8 Å². The Morgan fingerprint density at radius 2 is 1.59 bits per heavy atom. The Hall–Kier alpha value is -3.36. The molecule has 44 heavy (non-hydrogen) atoms. The molecule has 0 aromatic heterocycles. The summed E-state index contributed by atoms with van der Waals surface area (Å²) in [4.78, 5) is 24.8. The van der Waals surface area contributed by atoms with Gasteiger partial charge in [-0.05, 0) is 43.4 Å². The summed E-state index contributed by atoms with van der Waals surface area (Å²) in [5.74, 6) is 6.49. The molecule has 0 saturated carbocycles. The maximum Gasteiger partial charge on any atom is 0.407 e. The number of hydrogen-bond acceptors (Lipinski definition) is 7. The topological polar surface area (TPSA) is 126 Å².